The first-order valence-electron chi connectivity index (χ1n) is 8.77. The van der Waals surface area contributed by atoms with Gasteiger partial charge in [0.25, 0.3) is 5.24 Å². The number of urea groups is 1. The second-order valence-electron chi connectivity index (χ2n) is 6.57. The second-order valence-corrected chi connectivity index (χ2v) is 8.28. The molecule has 1 aromatic carbocycles. The molecule has 0 bridgehead atoms. The number of carbonyl (C=O) groups is 3. The van der Waals surface area contributed by atoms with Gasteiger partial charge in [-0.1, -0.05) is 23.9 Å². The zero-order valence-electron chi connectivity index (χ0n) is 14.6. The van der Waals surface area contributed by atoms with Crippen LogP contribution in [0.4, 0.5) is 15.3 Å². The van der Waals surface area contributed by atoms with Gasteiger partial charge in [0.15, 0.2) is 0 Å². The Kier molecular flexibility index (Phi) is 5.18. The average molecular weight is 402 g/mol. The van der Waals surface area contributed by atoms with Crippen molar-refractivity contribution in [1.82, 2.24) is 9.80 Å². The number of hydrogen-bond donors (Lipinski definition) is 1. The van der Waals surface area contributed by atoms with Crippen LogP contribution in [0.2, 0.25) is 0 Å². The molecule has 4 rings (SSSR count). The fourth-order valence-electron chi connectivity index (χ4n) is 3.43. The van der Waals surface area contributed by atoms with E-state index in [-0.39, 0.29) is 35.5 Å². The van der Waals surface area contributed by atoms with Crippen LogP contribution in [0.15, 0.2) is 41.1 Å². The van der Waals surface area contributed by atoms with Crippen LogP contribution < -0.4 is 5.32 Å². The van der Waals surface area contributed by atoms with E-state index in [4.69, 9.17) is 0 Å². The van der Waals surface area contributed by atoms with Crippen molar-refractivity contribution in [3.63, 3.8) is 0 Å². The summed E-state index contributed by atoms with van der Waals surface area (Å²) in [7, 11) is 0. The van der Waals surface area contributed by atoms with Crippen molar-refractivity contribution in [2.75, 3.05) is 17.6 Å². The molecule has 0 radical (unpaired) electrons. The molecule has 6 nitrogen and oxygen atoms in total. The van der Waals surface area contributed by atoms with Crippen LogP contribution in [0.25, 0.3) is 0 Å². The summed E-state index contributed by atoms with van der Waals surface area (Å²) in [6, 6.07) is 9.40. The van der Waals surface area contributed by atoms with E-state index in [1.165, 1.54) is 10.5 Å². The number of rotatable bonds is 4. The van der Waals surface area contributed by atoms with E-state index in [1.54, 1.807) is 23.5 Å². The molecule has 1 N–H and O–H groups in total. The number of thioether (sulfide) groups is 1. The first-order valence-corrected chi connectivity index (χ1v) is 10.7. The third kappa shape index (κ3) is 3.86. The Hall–Kier alpha value is -2.32. The first kappa shape index (κ1) is 18.1. The largest absolute Gasteiger partial charge is 0.322 e. The second kappa shape index (κ2) is 7.74. The number of likely N-dealkylation sites (tertiary alicyclic amines) is 1. The molecule has 1 aromatic heterocycles. The van der Waals surface area contributed by atoms with E-state index in [0.29, 0.717) is 5.69 Å². The highest BCUT2D eigenvalue weighted by molar-refractivity contribution is 8.14. The molecule has 2 aliphatic rings. The molecule has 2 saturated heterocycles. The molecule has 0 saturated carbocycles. The number of benzene rings is 1. The summed E-state index contributed by atoms with van der Waals surface area (Å²) in [5, 5.41) is 6.89. The Balaban J connectivity index is 1.39. The van der Waals surface area contributed by atoms with Gasteiger partial charge in [-0.2, -0.15) is 11.3 Å². The van der Waals surface area contributed by atoms with Gasteiger partial charge < -0.3 is 10.2 Å². The van der Waals surface area contributed by atoms with Gasteiger partial charge in [-0.25, -0.2) is 4.79 Å². The molecule has 4 amide bonds. The summed E-state index contributed by atoms with van der Waals surface area (Å²) in [4.78, 5) is 39.2. The fraction of sp³-hybridized carbons (Fsp3) is 0.316. The van der Waals surface area contributed by atoms with Gasteiger partial charge in [-0.15, -0.1) is 0 Å². The van der Waals surface area contributed by atoms with Crippen molar-refractivity contribution in [2.45, 2.75) is 25.4 Å². The molecular formula is C19H19N3O3S2. The van der Waals surface area contributed by atoms with Crippen LogP contribution in [0.1, 0.15) is 30.0 Å². The summed E-state index contributed by atoms with van der Waals surface area (Å²) in [5.41, 5.74) is 2.75. The number of imide groups is 1. The summed E-state index contributed by atoms with van der Waals surface area (Å²) in [6.07, 6.45) is 1.99. The standard InChI is InChI=1S/C19H19N3O3S2/c23-17-12-27-19(25)22(17)10-13-3-5-15(6-4-13)20-18(24)21-8-1-2-16(21)14-7-9-26-11-14/h3-7,9,11,16H,1-2,8,10,12H2,(H,20,24). The molecule has 2 fully saturated rings. The van der Waals surface area contributed by atoms with Gasteiger partial charge in [0, 0.05) is 12.2 Å². The van der Waals surface area contributed by atoms with Gasteiger partial charge in [0.1, 0.15) is 0 Å². The van der Waals surface area contributed by atoms with Crippen LogP contribution >= 0.6 is 23.1 Å². The maximum atomic E-state index is 12.7. The number of hydrogen-bond acceptors (Lipinski definition) is 5. The Labute approximate surface area is 165 Å². The SMILES string of the molecule is O=C1CSC(=O)N1Cc1ccc(NC(=O)N2CCCC2c2ccsc2)cc1. The Bertz CT molecular complexity index is 836. The van der Waals surface area contributed by atoms with Crippen molar-refractivity contribution in [3.05, 3.63) is 52.2 Å². The third-order valence-corrected chi connectivity index (χ3v) is 6.39. The van der Waals surface area contributed by atoms with E-state index in [2.05, 4.69) is 16.8 Å². The van der Waals surface area contributed by atoms with Crippen molar-refractivity contribution in [2.24, 2.45) is 0 Å². The smallest absolute Gasteiger partial charge is 0.317 e. The average Bonchev–Trinajstić information content (AvgIpc) is 3.40. The third-order valence-electron chi connectivity index (χ3n) is 4.83. The lowest BCUT2D eigenvalue weighted by Crippen LogP contribution is -2.34. The predicted octanol–water partition coefficient (Wildman–Crippen LogP) is 4.31. The van der Waals surface area contributed by atoms with E-state index >= 15 is 0 Å². The van der Waals surface area contributed by atoms with Crippen molar-refractivity contribution in [3.8, 4) is 0 Å². The fourth-order valence-corrected chi connectivity index (χ4v) is 4.86. The zero-order valence-corrected chi connectivity index (χ0v) is 16.2. The summed E-state index contributed by atoms with van der Waals surface area (Å²) < 4.78 is 0. The molecule has 2 aliphatic heterocycles. The Morgan fingerprint density at radius 1 is 1.19 bits per heavy atom. The summed E-state index contributed by atoms with van der Waals surface area (Å²) in [5.74, 6) is 0.0598. The summed E-state index contributed by atoms with van der Waals surface area (Å²) in [6.45, 7) is 1.02. The molecular weight excluding hydrogens is 382 g/mol. The minimum Gasteiger partial charge on any atom is -0.317 e. The number of anilines is 1. The van der Waals surface area contributed by atoms with E-state index in [0.717, 1.165) is 36.7 Å². The van der Waals surface area contributed by atoms with Crippen LogP contribution in [0.3, 0.4) is 0 Å². The predicted molar refractivity (Wildman–Crippen MR) is 107 cm³/mol. The van der Waals surface area contributed by atoms with Gasteiger partial charge >= 0.3 is 6.03 Å². The van der Waals surface area contributed by atoms with Crippen molar-refractivity contribution >= 4 is 46.0 Å². The normalized spacial score (nSPS) is 19.8. The first-order chi connectivity index (χ1) is 13.1. The number of thiophene rings is 1. The van der Waals surface area contributed by atoms with Crippen LogP contribution in [0, 0.1) is 0 Å². The summed E-state index contributed by atoms with van der Waals surface area (Å²) >= 11 is 2.68. The highest BCUT2D eigenvalue weighted by atomic mass is 32.2. The number of carbonyl (C=O) groups excluding carboxylic acids is 3. The minimum atomic E-state index is -0.203. The highest BCUT2D eigenvalue weighted by Crippen LogP contribution is 2.33. The molecule has 8 heteroatoms. The van der Waals surface area contributed by atoms with Gasteiger partial charge in [0.2, 0.25) is 5.91 Å². The zero-order chi connectivity index (χ0) is 18.8. The molecule has 27 heavy (non-hydrogen) atoms. The van der Waals surface area contributed by atoms with E-state index < -0.39 is 0 Å². The van der Waals surface area contributed by atoms with E-state index in [9.17, 15) is 14.4 Å². The topological polar surface area (TPSA) is 69.7 Å². The number of nitrogens with zero attached hydrogens (tertiary/aromatic N) is 2. The lowest BCUT2D eigenvalue weighted by Gasteiger charge is -2.24. The quantitative estimate of drug-likeness (QED) is 0.829. The maximum Gasteiger partial charge on any atom is 0.322 e. The van der Waals surface area contributed by atoms with Crippen LogP contribution in [-0.4, -0.2) is 39.3 Å². The monoisotopic (exact) mass is 401 g/mol. The van der Waals surface area contributed by atoms with Crippen molar-refractivity contribution < 1.29 is 14.4 Å². The van der Waals surface area contributed by atoms with E-state index in [1.807, 2.05) is 22.4 Å². The lowest BCUT2D eigenvalue weighted by atomic mass is 10.1. The minimum absolute atomic E-state index is 0.0993. The molecule has 1 unspecified atom stereocenters. The van der Waals surface area contributed by atoms with Gasteiger partial charge in [-0.3, -0.25) is 14.5 Å². The number of amides is 4. The highest BCUT2D eigenvalue weighted by Gasteiger charge is 2.31. The molecule has 0 spiro atoms. The van der Waals surface area contributed by atoms with Gasteiger partial charge in [-0.05, 0) is 52.9 Å². The van der Waals surface area contributed by atoms with Gasteiger partial charge in [0.05, 0.1) is 18.3 Å². The number of nitrogens with one attached hydrogen (secondary N) is 1. The lowest BCUT2D eigenvalue weighted by molar-refractivity contribution is -0.125. The van der Waals surface area contributed by atoms with Crippen LogP contribution in [-0.2, 0) is 11.3 Å². The molecule has 0 aliphatic carbocycles. The molecule has 1 atom stereocenters. The molecule has 2 aromatic rings. The molecule has 140 valence electrons. The maximum absolute atomic E-state index is 12.7. The van der Waals surface area contributed by atoms with Crippen molar-refractivity contribution in [1.29, 1.82) is 0 Å². The Morgan fingerprint density at radius 2 is 2.00 bits per heavy atom. The molecule has 3 heterocycles. The van der Waals surface area contributed by atoms with Crippen LogP contribution in [0.5, 0.6) is 0 Å². The Morgan fingerprint density at radius 3 is 2.67 bits per heavy atom.